The predicted octanol–water partition coefficient (Wildman–Crippen LogP) is 1.12. The van der Waals surface area contributed by atoms with Crippen molar-refractivity contribution in [3.63, 3.8) is 0 Å². The summed E-state index contributed by atoms with van der Waals surface area (Å²) in [6.45, 7) is 6.92. The van der Waals surface area contributed by atoms with Crippen LogP contribution in [-0.4, -0.2) is 49.1 Å². The van der Waals surface area contributed by atoms with E-state index in [9.17, 15) is 4.79 Å². The monoisotopic (exact) mass is 253 g/mol. The molecular weight excluding hydrogens is 226 g/mol. The Morgan fingerprint density at radius 1 is 1.33 bits per heavy atom. The minimum absolute atomic E-state index is 0.219. The molecule has 2 atom stereocenters. The van der Waals surface area contributed by atoms with Crippen LogP contribution in [0.2, 0.25) is 0 Å². The highest BCUT2D eigenvalue weighted by Crippen LogP contribution is 2.12. The van der Waals surface area contributed by atoms with Gasteiger partial charge in [0.15, 0.2) is 0 Å². The molecule has 2 aliphatic rings. The largest absolute Gasteiger partial charge is 0.352 e. The third kappa shape index (κ3) is 4.25. The van der Waals surface area contributed by atoms with Gasteiger partial charge in [-0.2, -0.15) is 0 Å². The maximum atomic E-state index is 11.1. The molecule has 104 valence electrons. The Morgan fingerprint density at radius 2 is 2.22 bits per heavy atom. The molecule has 0 bridgehead atoms. The molecule has 2 N–H and O–H groups in total. The molecule has 0 saturated carbocycles. The average molecular weight is 253 g/mol. The van der Waals surface area contributed by atoms with Crippen molar-refractivity contribution in [3.8, 4) is 0 Å². The van der Waals surface area contributed by atoms with Crippen molar-refractivity contribution in [2.24, 2.45) is 0 Å². The Labute approximate surface area is 110 Å². The fourth-order valence-corrected chi connectivity index (χ4v) is 3.04. The lowest BCUT2D eigenvalue weighted by Gasteiger charge is -2.20. The minimum atomic E-state index is 0.219. The van der Waals surface area contributed by atoms with E-state index in [-0.39, 0.29) is 5.91 Å². The van der Waals surface area contributed by atoms with Gasteiger partial charge in [0.2, 0.25) is 5.91 Å². The summed E-state index contributed by atoms with van der Waals surface area (Å²) in [6, 6.07) is 1.01. The van der Waals surface area contributed by atoms with E-state index < -0.39 is 0 Å². The highest BCUT2D eigenvalue weighted by Gasteiger charge is 2.22. The molecule has 2 unspecified atom stereocenters. The van der Waals surface area contributed by atoms with Crippen molar-refractivity contribution in [1.82, 2.24) is 15.5 Å². The zero-order valence-electron chi connectivity index (χ0n) is 11.6. The van der Waals surface area contributed by atoms with Gasteiger partial charge in [-0.25, -0.2) is 0 Å². The van der Waals surface area contributed by atoms with Crippen molar-refractivity contribution in [3.05, 3.63) is 0 Å². The molecule has 0 aromatic rings. The molecule has 0 aromatic heterocycles. The fourth-order valence-electron chi connectivity index (χ4n) is 3.04. The van der Waals surface area contributed by atoms with Crippen molar-refractivity contribution in [1.29, 1.82) is 0 Å². The van der Waals surface area contributed by atoms with Crippen LogP contribution in [0, 0.1) is 0 Å². The third-order valence-electron chi connectivity index (χ3n) is 4.10. The Hall–Kier alpha value is -0.610. The Balaban J connectivity index is 1.65. The molecule has 4 heteroatoms. The number of nitrogens with zero attached hydrogens (tertiary/aromatic N) is 1. The second-order valence-electron chi connectivity index (χ2n) is 5.68. The van der Waals surface area contributed by atoms with Crippen LogP contribution in [0.5, 0.6) is 0 Å². The molecule has 2 fully saturated rings. The van der Waals surface area contributed by atoms with E-state index in [0.717, 1.165) is 13.0 Å². The SMILES string of the molecule is CCCN1CCCC(NCC2CCC(=O)N2)CC1. The molecule has 0 aromatic carbocycles. The van der Waals surface area contributed by atoms with Crippen LogP contribution in [-0.2, 0) is 4.79 Å². The Morgan fingerprint density at radius 3 is 2.94 bits per heavy atom. The second-order valence-corrected chi connectivity index (χ2v) is 5.68. The number of amides is 1. The normalized spacial score (nSPS) is 30.2. The third-order valence-corrected chi connectivity index (χ3v) is 4.10. The first-order chi connectivity index (χ1) is 8.78. The summed E-state index contributed by atoms with van der Waals surface area (Å²) in [6.07, 6.45) is 6.80. The van der Waals surface area contributed by atoms with Crippen LogP contribution >= 0.6 is 0 Å². The number of carbonyl (C=O) groups excluding carboxylic acids is 1. The zero-order chi connectivity index (χ0) is 12.8. The molecule has 4 nitrogen and oxygen atoms in total. The van der Waals surface area contributed by atoms with Crippen LogP contribution in [0.3, 0.4) is 0 Å². The van der Waals surface area contributed by atoms with Gasteiger partial charge in [-0.1, -0.05) is 6.92 Å². The summed E-state index contributed by atoms with van der Waals surface area (Å²) in [5.74, 6) is 0.219. The van der Waals surface area contributed by atoms with Crippen molar-refractivity contribution < 1.29 is 4.79 Å². The highest BCUT2D eigenvalue weighted by atomic mass is 16.1. The molecule has 18 heavy (non-hydrogen) atoms. The zero-order valence-corrected chi connectivity index (χ0v) is 11.6. The molecule has 1 amide bonds. The summed E-state index contributed by atoms with van der Waals surface area (Å²) in [4.78, 5) is 13.7. The van der Waals surface area contributed by atoms with Gasteiger partial charge < -0.3 is 15.5 Å². The molecule has 2 heterocycles. The smallest absolute Gasteiger partial charge is 0.220 e. The van der Waals surface area contributed by atoms with Crippen LogP contribution in [0.4, 0.5) is 0 Å². The molecule has 2 saturated heterocycles. The Bertz CT molecular complexity index is 270. The molecule has 2 rings (SSSR count). The van der Waals surface area contributed by atoms with Crippen molar-refractivity contribution in [2.75, 3.05) is 26.2 Å². The Kier molecular flexibility index (Phi) is 5.45. The predicted molar refractivity (Wildman–Crippen MR) is 73.5 cm³/mol. The maximum Gasteiger partial charge on any atom is 0.220 e. The maximum absolute atomic E-state index is 11.1. The van der Waals surface area contributed by atoms with E-state index in [2.05, 4.69) is 22.5 Å². The molecule has 0 aliphatic carbocycles. The highest BCUT2D eigenvalue weighted by molar-refractivity contribution is 5.78. The lowest BCUT2D eigenvalue weighted by atomic mass is 10.1. The number of hydrogen-bond donors (Lipinski definition) is 2. The van der Waals surface area contributed by atoms with E-state index in [4.69, 9.17) is 0 Å². The van der Waals surface area contributed by atoms with Gasteiger partial charge in [0.25, 0.3) is 0 Å². The first-order valence-electron chi connectivity index (χ1n) is 7.53. The first-order valence-corrected chi connectivity index (χ1v) is 7.53. The van der Waals surface area contributed by atoms with Gasteiger partial charge in [-0.05, 0) is 51.7 Å². The van der Waals surface area contributed by atoms with Gasteiger partial charge in [0, 0.05) is 25.0 Å². The van der Waals surface area contributed by atoms with Gasteiger partial charge >= 0.3 is 0 Å². The number of likely N-dealkylation sites (tertiary alicyclic amines) is 1. The lowest BCUT2D eigenvalue weighted by Crippen LogP contribution is -2.40. The van der Waals surface area contributed by atoms with Crippen LogP contribution < -0.4 is 10.6 Å². The second kappa shape index (κ2) is 7.10. The first kappa shape index (κ1) is 13.8. The summed E-state index contributed by atoms with van der Waals surface area (Å²) >= 11 is 0. The number of nitrogens with one attached hydrogen (secondary N) is 2. The molecule has 0 spiro atoms. The van der Waals surface area contributed by atoms with Gasteiger partial charge in [0.05, 0.1) is 0 Å². The van der Waals surface area contributed by atoms with E-state index in [1.54, 1.807) is 0 Å². The van der Waals surface area contributed by atoms with Crippen LogP contribution in [0.1, 0.15) is 45.4 Å². The molecule has 0 radical (unpaired) electrons. The standard InChI is InChI=1S/C14H27N3O/c1-2-8-17-9-3-4-12(7-10-17)15-11-13-5-6-14(18)16-13/h12-13,15H,2-11H2,1H3,(H,16,18). The number of hydrogen-bond acceptors (Lipinski definition) is 3. The van der Waals surface area contributed by atoms with Gasteiger partial charge in [-0.15, -0.1) is 0 Å². The number of carbonyl (C=O) groups is 1. The molecule has 2 aliphatic heterocycles. The van der Waals surface area contributed by atoms with Crippen LogP contribution in [0.25, 0.3) is 0 Å². The quantitative estimate of drug-likeness (QED) is 0.772. The van der Waals surface area contributed by atoms with Crippen LogP contribution in [0.15, 0.2) is 0 Å². The summed E-state index contributed by atoms with van der Waals surface area (Å²) in [7, 11) is 0. The average Bonchev–Trinajstić information content (AvgIpc) is 2.64. The van der Waals surface area contributed by atoms with Crippen molar-refractivity contribution in [2.45, 2.75) is 57.5 Å². The fraction of sp³-hybridized carbons (Fsp3) is 0.929. The lowest BCUT2D eigenvalue weighted by molar-refractivity contribution is -0.119. The molecular formula is C14H27N3O. The summed E-state index contributed by atoms with van der Waals surface area (Å²) in [5.41, 5.74) is 0. The van der Waals surface area contributed by atoms with E-state index in [0.29, 0.717) is 18.5 Å². The summed E-state index contributed by atoms with van der Waals surface area (Å²) in [5, 5.41) is 6.67. The van der Waals surface area contributed by atoms with E-state index >= 15 is 0 Å². The topological polar surface area (TPSA) is 44.4 Å². The van der Waals surface area contributed by atoms with E-state index in [1.165, 1.54) is 45.3 Å². The minimum Gasteiger partial charge on any atom is -0.352 e. The van der Waals surface area contributed by atoms with E-state index in [1.807, 2.05) is 0 Å². The number of rotatable bonds is 5. The summed E-state index contributed by atoms with van der Waals surface area (Å²) < 4.78 is 0. The van der Waals surface area contributed by atoms with Gasteiger partial charge in [-0.3, -0.25) is 4.79 Å². The van der Waals surface area contributed by atoms with Gasteiger partial charge in [0.1, 0.15) is 0 Å². The van der Waals surface area contributed by atoms with Crippen molar-refractivity contribution >= 4 is 5.91 Å².